The van der Waals surface area contributed by atoms with Crippen molar-refractivity contribution in [3.05, 3.63) is 65.7 Å². The van der Waals surface area contributed by atoms with Crippen LogP contribution in [0.2, 0.25) is 0 Å². The Balaban J connectivity index is 1.74. The lowest BCUT2D eigenvalue weighted by atomic mass is 9.90. The van der Waals surface area contributed by atoms with E-state index in [2.05, 4.69) is 23.5 Å². The van der Waals surface area contributed by atoms with E-state index in [1.54, 1.807) is 30.3 Å². The molecule has 1 amide bonds. The van der Waals surface area contributed by atoms with Crippen molar-refractivity contribution in [1.29, 1.82) is 0 Å². The molecule has 5 nitrogen and oxygen atoms in total. The van der Waals surface area contributed by atoms with Crippen LogP contribution >= 0.6 is 0 Å². The first-order chi connectivity index (χ1) is 12.9. The predicted molar refractivity (Wildman–Crippen MR) is 110 cm³/mol. The van der Waals surface area contributed by atoms with E-state index < -0.39 is 10.0 Å². The third kappa shape index (κ3) is 4.77. The molecule has 2 N–H and O–H groups in total. The minimum absolute atomic E-state index is 0.0423. The van der Waals surface area contributed by atoms with E-state index >= 15 is 0 Å². The minimum Gasteiger partial charge on any atom is -0.326 e. The Hall–Kier alpha value is -2.60. The van der Waals surface area contributed by atoms with E-state index in [1.807, 2.05) is 18.2 Å². The van der Waals surface area contributed by atoms with Gasteiger partial charge in [-0.25, -0.2) is 8.42 Å². The van der Waals surface area contributed by atoms with Crippen molar-refractivity contribution in [3.8, 4) is 0 Å². The van der Waals surface area contributed by atoms with E-state index in [-0.39, 0.29) is 17.6 Å². The van der Waals surface area contributed by atoms with Gasteiger partial charge in [-0.05, 0) is 47.7 Å². The molecule has 0 bridgehead atoms. The van der Waals surface area contributed by atoms with E-state index in [9.17, 15) is 13.2 Å². The maximum Gasteiger partial charge on any atom is 0.236 e. The Morgan fingerprint density at radius 1 is 1.22 bits per heavy atom. The first kappa shape index (κ1) is 19.2. The van der Waals surface area contributed by atoms with Crippen LogP contribution in [0.1, 0.15) is 36.5 Å². The zero-order valence-corrected chi connectivity index (χ0v) is 16.2. The van der Waals surface area contributed by atoms with Crippen LogP contribution in [0.4, 0.5) is 11.4 Å². The number of benzene rings is 2. The molecule has 1 heterocycles. The number of hydrogen-bond acceptors (Lipinski definition) is 3. The second-order valence-electron chi connectivity index (χ2n) is 6.86. The smallest absolute Gasteiger partial charge is 0.236 e. The summed E-state index contributed by atoms with van der Waals surface area (Å²) in [5.74, 6) is -0.116. The fourth-order valence-corrected chi connectivity index (χ4v) is 4.50. The van der Waals surface area contributed by atoms with Gasteiger partial charge in [-0.3, -0.25) is 9.52 Å². The van der Waals surface area contributed by atoms with Crippen molar-refractivity contribution in [3.63, 3.8) is 0 Å². The van der Waals surface area contributed by atoms with Crippen LogP contribution < -0.4 is 10.0 Å². The van der Waals surface area contributed by atoms with Gasteiger partial charge in [0.2, 0.25) is 15.9 Å². The average Bonchev–Trinajstić information content (AvgIpc) is 2.63. The van der Waals surface area contributed by atoms with Crippen LogP contribution in [0.25, 0.3) is 6.08 Å². The van der Waals surface area contributed by atoms with Gasteiger partial charge in [0.15, 0.2) is 0 Å². The number of carbonyl (C=O) groups excluding carboxylic acids is 1. The van der Waals surface area contributed by atoms with Gasteiger partial charge in [0.25, 0.3) is 0 Å². The SMILES string of the molecule is C=Cc1ccc(CS(=O)(=O)Nc2ccc3c(c2)CC(CCC)C(=O)N3)cc1. The van der Waals surface area contributed by atoms with Crippen LogP contribution in [-0.2, 0) is 27.0 Å². The highest BCUT2D eigenvalue weighted by molar-refractivity contribution is 7.91. The molecular formula is C21H24N2O3S. The Morgan fingerprint density at radius 2 is 1.96 bits per heavy atom. The number of anilines is 2. The first-order valence-corrected chi connectivity index (χ1v) is 10.7. The fourth-order valence-electron chi connectivity index (χ4n) is 3.31. The number of carbonyl (C=O) groups is 1. The molecule has 27 heavy (non-hydrogen) atoms. The summed E-state index contributed by atoms with van der Waals surface area (Å²) in [6.45, 7) is 5.74. The highest BCUT2D eigenvalue weighted by Gasteiger charge is 2.25. The molecule has 0 aliphatic carbocycles. The first-order valence-electron chi connectivity index (χ1n) is 9.06. The van der Waals surface area contributed by atoms with Crippen molar-refractivity contribution >= 4 is 33.4 Å². The van der Waals surface area contributed by atoms with Crippen LogP contribution in [-0.4, -0.2) is 14.3 Å². The summed E-state index contributed by atoms with van der Waals surface area (Å²) in [6.07, 6.45) is 4.11. The van der Waals surface area contributed by atoms with E-state index in [4.69, 9.17) is 0 Å². The molecule has 3 rings (SSSR count). The van der Waals surface area contributed by atoms with Crippen molar-refractivity contribution < 1.29 is 13.2 Å². The van der Waals surface area contributed by atoms with E-state index in [1.165, 1.54) is 0 Å². The van der Waals surface area contributed by atoms with Gasteiger partial charge in [0.1, 0.15) is 0 Å². The van der Waals surface area contributed by atoms with Gasteiger partial charge in [0, 0.05) is 17.3 Å². The second-order valence-corrected chi connectivity index (χ2v) is 8.58. The summed E-state index contributed by atoms with van der Waals surface area (Å²) in [4.78, 5) is 12.1. The maximum atomic E-state index is 12.5. The number of sulfonamides is 1. The third-order valence-electron chi connectivity index (χ3n) is 4.68. The second kappa shape index (κ2) is 7.96. The highest BCUT2D eigenvalue weighted by Crippen LogP contribution is 2.30. The molecule has 0 aromatic heterocycles. The zero-order chi connectivity index (χ0) is 19.4. The molecule has 2 aromatic carbocycles. The van der Waals surface area contributed by atoms with Gasteiger partial charge in [0.05, 0.1) is 5.75 Å². The molecule has 0 saturated heterocycles. The van der Waals surface area contributed by atoms with Crippen molar-refractivity contribution in [1.82, 2.24) is 0 Å². The van der Waals surface area contributed by atoms with Gasteiger partial charge in [-0.15, -0.1) is 0 Å². The van der Waals surface area contributed by atoms with Gasteiger partial charge >= 0.3 is 0 Å². The van der Waals surface area contributed by atoms with E-state index in [0.717, 1.165) is 29.7 Å². The summed E-state index contributed by atoms with van der Waals surface area (Å²) in [5.41, 5.74) is 3.89. The van der Waals surface area contributed by atoms with E-state index in [0.29, 0.717) is 17.7 Å². The molecule has 142 valence electrons. The summed E-state index contributed by atoms with van der Waals surface area (Å²) in [7, 11) is -3.53. The monoisotopic (exact) mass is 384 g/mol. The largest absolute Gasteiger partial charge is 0.326 e. The molecular weight excluding hydrogens is 360 g/mol. The number of hydrogen-bond donors (Lipinski definition) is 2. The Kier molecular flexibility index (Phi) is 5.65. The standard InChI is InChI=1S/C21H24N2O3S/c1-3-5-17-12-18-13-19(10-11-20(18)22-21(17)24)23-27(25,26)14-16-8-6-15(4-2)7-9-16/h4,6-11,13,17,23H,2-3,5,12,14H2,1H3,(H,22,24). The van der Waals surface area contributed by atoms with Crippen LogP contribution in [0.15, 0.2) is 49.0 Å². The van der Waals surface area contributed by atoms with Crippen molar-refractivity contribution in [2.45, 2.75) is 31.9 Å². The van der Waals surface area contributed by atoms with Gasteiger partial charge in [-0.2, -0.15) is 0 Å². The summed E-state index contributed by atoms with van der Waals surface area (Å²) in [6, 6.07) is 12.5. The lowest BCUT2D eigenvalue weighted by Gasteiger charge is -2.25. The fraction of sp³-hybridized carbons (Fsp3) is 0.286. The quantitative estimate of drug-likeness (QED) is 0.752. The number of fused-ring (bicyclic) bond motifs is 1. The molecule has 1 aliphatic rings. The number of rotatable bonds is 7. The summed E-state index contributed by atoms with van der Waals surface area (Å²) < 4.78 is 27.7. The summed E-state index contributed by atoms with van der Waals surface area (Å²) >= 11 is 0. The average molecular weight is 385 g/mol. The molecule has 1 unspecified atom stereocenters. The normalized spacial score (nSPS) is 16.3. The summed E-state index contributed by atoms with van der Waals surface area (Å²) in [5, 5.41) is 2.91. The molecule has 6 heteroatoms. The molecule has 1 aliphatic heterocycles. The lowest BCUT2D eigenvalue weighted by Crippen LogP contribution is -2.29. The van der Waals surface area contributed by atoms with Crippen LogP contribution in [0.5, 0.6) is 0 Å². The molecule has 0 radical (unpaired) electrons. The zero-order valence-electron chi connectivity index (χ0n) is 15.4. The predicted octanol–water partition coefficient (Wildman–Crippen LogP) is 4.18. The van der Waals surface area contributed by atoms with Crippen molar-refractivity contribution in [2.24, 2.45) is 5.92 Å². The highest BCUT2D eigenvalue weighted by atomic mass is 32.2. The van der Waals surface area contributed by atoms with Crippen LogP contribution in [0.3, 0.4) is 0 Å². The Morgan fingerprint density at radius 3 is 2.63 bits per heavy atom. The topological polar surface area (TPSA) is 75.3 Å². The molecule has 0 fully saturated rings. The third-order valence-corrected chi connectivity index (χ3v) is 5.94. The number of nitrogens with one attached hydrogen (secondary N) is 2. The Labute approximate surface area is 160 Å². The molecule has 0 spiro atoms. The maximum absolute atomic E-state index is 12.5. The Bertz CT molecular complexity index is 950. The number of amides is 1. The van der Waals surface area contributed by atoms with Gasteiger partial charge in [-0.1, -0.05) is 50.3 Å². The molecule has 0 saturated carbocycles. The minimum atomic E-state index is -3.53. The molecule has 1 atom stereocenters. The van der Waals surface area contributed by atoms with Gasteiger partial charge < -0.3 is 5.32 Å². The lowest BCUT2D eigenvalue weighted by molar-refractivity contribution is -0.120. The van der Waals surface area contributed by atoms with Crippen LogP contribution in [0, 0.1) is 5.92 Å². The molecule has 2 aromatic rings. The van der Waals surface area contributed by atoms with Crippen molar-refractivity contribution in [2.75, 3.05) is 10.0 Å².